The van der Waals surface area contributed by atoms with Gasteiger partial charge in [-0.25, -0.2) is 0 Å². The van der Waals surface area contributed by atoms with E-state index in [1.807, 2.05) is 72.8 Å². The fourth-order valence-electron chi connectivity index (χ4n) is 6.86. The minimum atomic E-state index is -0.841. The lowest BCUT2D eigenvalue weighted by Crippen LogP contribution is -2.44. The van der Waals surface area contributed by atoms with E-state index >= 15 is 0 Å². The van der Waals surface area contributed by atoms with Crippen LogP contribution in [0.1, 0.15) is 62.8 Å². The van der Waals surface area contributed by atoms with Crippen molar-refractivity contribution in [2.75, 3.05) is 0 Å². The molecule has 0 radical (unpaired) electrons. The van der Waals surface area contributed by atoms with Gasteiger partial charge in [0, 0.05) is 0 Å². The molecule has 0 N–H and O–H groups in total. The molecule has 0 amide bonds. The van der Waals surface area contributed by atoms with Gasteiger partial charge < -0.3 is 14.2 Å². The summed E-state index contributed by atoms with van der Waals surface area (Å²) in [5.41, 5.74) is 2.60. The van der Waals surface area contributed by atoms with E-state index in [0.717, 1.165) is 58.1 Å². The summed E-state index contributed by atoms with van der Waals surface area (Å²) in [6.07, 6.45) is 1.50. The van der Waals surface area contributed by atoms with Crippen LogP contribution < -0.4 is 9.47 Å². The minimum absolute atomic E-state index is 0.305. The molecule has 0 bridgehead atoms. The van der Waals surface area contributed by atoms with Crippen molar-refractivity contribution >= 4 is 0 Å². The van der Waals surface area contributed by atoms with Gasteiger partial charge in [-0.05, 0) is 95.5 Å². The molecule has 6 aromatic carbocycles. The quantitative estimate of drug-likeness (QED) is 0.118. The summed E-state index contributed by atoms with van der Waals surface area (Å²) >= 11 is 0. The zero-order chi connectivity index (χ0) is 34.1. The Bertz CT molecular complexity index is 1750. The molecule has 6 aromatic rings. The zero-order valence-electron chi connectivity index (χ0n) is 29.0. The van der Waals surface area contributed by atoms with Crippen molar-refractivity contribution in [1.29, 1.82) is 0 Å². The average Bonchev–Trinajstić information content (AvgIpc) is 3.12. The van der Waals surface area contributed by atoms with Gasteiger partial charge in [-0.2, -0.15) is 0 Å². The Kier molecular flexibility index (Phi) is 10.6. The summed E-state index contributed by atoms with van der Waals surface area (Å²) in [7, 11) is 0. The summed E-state index contributed by atoms with van der Waals surface area (Å²) < 4.78 is 20.9. The Morgan fingerprint density at radius 2 is 0.673 bits per heavy atom. The zero-order valence-corrected chi connectivity index (χ0v) is 29.0. The normalized spacial score (nSPS) is 13.8. The van der Waals surface area contributed by atoms with Gasteiger partial charge >= 0.3 is 0 Å². The molecule has 2 unspecified atom stereocenters. The van der Waals surface area contributed by atoms with Crippen LogP contribution in [0.3, 0.4) is 0 Å². The molecule has 3 heteroatoms. The fraction of sp³-hybridized carbons (Fsp3) is 0.217. The first kappa shape index (κ1) is 33.8. The van der Waals surface area contributed by atoms with E-state index in [9.17, 15) is 0 Å². The van der Waals surface area contributed by atoms with Crippen molar-refractivity contribution in [3.63, 3.8) is 0 Å². The molecule has 0 spiro atoms. The highest BCUT2D eigenvalue weighted by Gasteiger charge is 2.47. The third-order valence-corrected chi connectivity index (χ3v) is 8.78. The summed E-state index contributed by atoms with van der Waals surface area (Å²) in [5, 5.41) is 0. The molecule has 3 nitrogen and oxygen atoms in total. The Hall–Kier alpha value is -5.12. The molecule has 0 aromatic heterocycles. The van der Waals surface area contributed by atoms with Crippen LogP contribution in [0.5, 0.6) is 23.0 Å². The van der Waals surface area contributed by atoms with Crippen molar-refractivity contribution in [1.82, 2.24) is 0 Å². The maximum atomic E-state index is 8.09. The van der Waals surface area contributed by atoms with Crippen LogP contribution in [0, 0.1) is 11.8 Å². The molecule has 0 fully saturated rings. The predicted octanol–water partition coefficient (Wildman–Crippen LogP) is 12.6. The smallest absolute Gasteiger partial charge is 0.127 e. The summed E-state index contributed by atoms with van der Waals surface area (Å²) in [6, 6.07) is 58.2. The number of rotatable bonds is 14. The van der Waals surface area contributed by atoms with Crippen LogP contribution in [0.4, 0.5) is 0 Å². The first-order chi connectivity index (χ1) is 23.9. The van der Waals surface area contributed by atoms with Crippen molar-refractivity contribution in [3.05, 3.63) is 192 Å². The highest BCUT2D eigenvalue weighted by atomic mass is 16.5. The largest absolute Gasteiger partial charge is 0.457 e. The van der Waals surface area contributed by atoms with E-state index in [-0.39, 0.29) is 0 Å². The molecule has 6 rings (SSSR count). The lowest BCUT2D eigenvalue weighted by atomic mass is 9.75. The fourth-order valence-corrected chi connectivity index (χ4v) is 6.86. The molecular formula is C46H46O3. The molecule has 0 saturated carbocycles. The lowest BCUT2D eigenvalue weighted by molar-refractivity contribution is -0.143. The predicted molar refractivity (Wildman–Crippen MR) is 200 cm³/mol. The molecule has 0 aliphatic heterocycles. The molecular weight excluding hydrogens is 601 g/mol. The van der Waals surface area contributed by atoms with E-state index in [1.54, 1.807) is 0 Å². The van der Waals surface area contributed by atoms with Gasteiger partial charge in [0.2, 0.25) is 0 Å². The Labute approximate surface area is 292 Å². The molecule has 0 heterocycles. The van der Waals surface area contributed by atoms with E-state index < -0.39 is 11.2 Å². The standard InChI is InChI=1S/C46H46O3/c1-35(2)33-45(37-19-9-5-10-20-37,39-23-17-29-43(31-39)47-41-25-13-7-14-26-41)49-46(34-36(3)4,38-21-11-6-12-22-38)40-24-18-30-44(32-40)48-42-27-15-8-16-28-42/h5-32,35-36H,33-34H2,1-4H3. The number of hydrogen-bond acceptors (Lipinski definition) is 3. The van der Waals surface area contributed by atoms with Crippen LogP contribution in [-0.2, 0) is 15.9 Å². The van der Waals surface area contributed by atoms with Crippen LogP contribution in [-0.4, -0.2) is 0 Å². The van der Waals surface area contributed by atoms with Gasteiger partial charge in [-0.1, -0.05) is 149 Å². The van der Waals surface area contributed by atoms with Crippen molar-refractivity contribution in [3.8, 4) is 23.0 Å². The van der Waals surface area contributed by atoms with E-state index in [1.165, 1.54) is 0 Å². The van der Waals surface area contributed by atoms with Gasteiger partial charge in [0.25, 0.3) is 0 Å². The highest BCUT2D eigenvalue weighted by Crippen LogP contribution is 2.51. The second kappa shape index (κ2) is 15.4. The first-order valence-corrected chi connectivity index (χ1v) is 17.3. The molecule has 2 atom stereocenters. The number of hydrogen-bond donors (Lipinski definition) is 0. The number of ether oxygens (including phenoxy) is 3. The maximum absolute atomic E-state index is 8.09. The summed E-state index contributed by atoms with van der Waals surface area (Å²) in [4.78, 5) is 0. The van der Waals surface area contributed by atoms with Gasteiger partial charge in [-0.3, -0.25) is 0 Å². The molecule has 49 heavy (non-hydrogen) atoms. The minimum Gasteiger partial charge on any atom is -0.457 e. The molecule has 0 aliphatic rings. The Morgan fingerprint density at radius 1 is 0.367 bits per heavy atom. The van der Waals surface area contributed by atoms with Gasteiger partial charge in [0.15, 0.2) is 0 Å². The number of benzene rings is 6. The molecule has 0 saturated heterocycles. The number of para-hydroxylation sites is 2. The van der Waals surface area contributed by atoms with Crippen LogP contribution in [0.15, 0.2) is 170 Å². The van der Waals surface area contributed by atoms with Crippen LogP contribution in [0.2, 0.25) is 0 Å². The third kappa shape index (κ3) is 7.96. The third-order valence-electron chi connectivity index (χ3n) is 8.78. The maximum Gasteiger partial charge on any atom is 0.127 e. The van der Waals surface area contributed by atoms with Gasteiger partial charge in [0.1, 0.15) is 34.2 Å². The lowest BCUT2D eigenvalue weighted by Gasteiger charge is -2.47. The monoisotopic (exact) mass is 646 g/mol. The highest BCUT2D eigenvalue weighted by molar-refractivity contribution is 5.46. The molecule has 0 aliphatic carbocycles. The first-order valence-electron chi connectivity index (χ1n) is 17.3. The average molecular weight is 647 g/mol. The van der Waals surface area contributed by atoms with Gasteiger partial charge in [-0.15, -0.1) is 0 Å². The second-order valence-electron chi connectivity index (χ2n) is 13.6. The Morgan fingerprint density at radius 3 is 1.02 bits per heavy atom. The summed E-state index contributed by atoms with van der Waals surface area (Å²) in [6.45, 7) is 9.08. The van der Waals surface area contributed by atoms with E-state index in [0.29, 0.717) is 11.8 Å². The topological polar surface area (TPSA) is 27.7 Å². The van der Waals surface area contributed by atoms with Crippen LogP contribution >= 0.6 is 0 Å². The van der Waals surface area contributed by atoms with E-state index in [4.69, 9.17) is 14.2 Å². The molecule has 248 valence electrons. The second-order valence-corrected chi connectivity index (χ2v) is 13.6. The van der Waals surface area contributed by atoms with Crippen LogP contribution in [0.25, 0.3) is 0 Å². The SMILES string of the molecule is CC(C)CC(OC(CC(C)C)(c1ccccc1)c1cccc(Oc2ccccc2)c1)(c1ccccc1)c1cccc(Oc2ccccc2)c1. The van der Waals surface area contributed by atoms with Gasteiger partial charge in [0.05, 0.1) is 0 Å². The van der Waals surface area contributed by atoms with E-state index in [2.05, 4.69) is 125 Å². The summed E-state index contributed by atoms with van der Waals surface area (Å²) in [5.74, 6) is 3.73. The Balaban J connectivity index is 1.58. The van der Waals surface area contributed by atoms with Crippen molar-refractivity contribution in [2.24, 2.45) is 11.8 Å². The van der Waals surface area contributed by atoms with Crippen molar-refractivity contribution < 1.29 is 14.2 Å². The van der Waals surface area contributed by atoms with Crippen molar-refractivity contribution in [2.45, 2.75) is 51.7 Å².